The van der Waals surface area contributed by atoms with E-state index in [9.17, 15) is 4.39 Å². The third-order valence-electron chi connectivity index (χ3n) is 4.54. The van der Waals surface area contributed by atoms with Crippen LogP contribution in [0, 0.1) is 12.7 Å². The molecule has 1 aliphatic rings. The molecule has 0 aliphatic heterocycles. The SMILES string of the molecule is Cc1nnc(NC2CCCC2)c2c1nnn2Cc1ccc(F)cc1. The lowest BCUT2D eigenvalue weighted by atomic mass is 10.2. The number of anilines is 1. The van der Waals surface area contributed by atoms with Gasteiger partial charge in [-0.2, -0.15) is 5.10 Å². The summed E-state index contributed by atoms with van der Waals surface area (Å²) < 4.78 is 14.9. The number of hydrogen-bond acceptors (Lipinski definition) is 5. The monoisotopic (exact) mass is 326 g/mol. The van der Waals surface area contributed by atoms with Gasteiger partial charge in [0.1, 0.15) is 16.9 Å². The second kappa shape index (κ2) is 6.14. The van der Waals surface area contributed by atoms with Crippen molar-refractivity contribution < 1.29 is 4.39 Å². The second-order valence-corrected chi connectivity index (χ2v) is 6.33. The van der Waals surface area contributed by atoms with Crippen molar-refractivity contribution >= 4 is 16.9 Å². The van der Waals surface area contributed by atoms with Gasteiger partial charge in [-0.3, -0.25) is 0 Å². The molecule has 124 valence electrons. The summed E-state index contributed by atoms with van der Waals surface area (Å²) in [5, 5.41) is 20.6. The van der Waals surface area contributed by atoms with Crippen LogP contribution in [0.3, 0.4) is 0 Å². The van der Waals surface area contributed by atoms with Gasteiger partial charge < -0.3 is 5.32 Å². The van der Waals surface area contributed by atoms with Crippen LogP contribution in [0.15, 0.2) is 24.3 Å². The van der Waals surface area contributed by atoms with E-state index >= 15 is 0 Å². The van der Waals surface area contributed by atoms with Crippen molar-refractivity contribution in [3.05, 3.63) is 41.3 Å². The van der Waals surface area contributed by atoms with Gasteiger partial charge in [-0.1, -0.05) is 30.2 Å². The Morgan fingerprint density at radius 1 is 1.12 bits per heavy atom. The van der Waals surface area contributed by atoms with E-state index in [4.69, 9.17) is 0 Å². The van der Waals surface area contributed by atoms with Gasteiger partial charge in [0.15, 0.2) is 5.82 Å². The first kappa shape index (κ1) is 15.0. The van der Waals surface area contributed by atoms with E-state index in [1.54, 1.807) is 12.1 Å². The highest BCUT2D eigenvalue weighted by molar-refractivity contribution is 5.86. The van der Waals surface area contributed by atoms with Gasteiger partial charge in [-0.25, -0.2) is 9.07 Å². The molecule has 6 nitrogen and oxygen atoms in total. The van der Waals surface area contributed by atoms with E-state index in [0.717, 1.165) is 41.0 Å². The standard InChI is InChI=1S/C17H19FN6/c1-11-15-16(17(22-20-11)19-14-4-2-3-5-14)24(23-21-15)10-12-6-8-13(18)9-7-12/h6-9,14H,2-5,10H2,1H3,(H,19,22). The summed E-state index contributed by atoms with van der Waals surface area (Å²) in [5.41, 5.74) is 3.34. The Hall–Kier alpha value is -2.57. The Balaban J connectivity index is 1.72. The van der Waals surface area contributed by atoms with E-state index in [0.29, 0.717) is 12.6 Å². The van der Waals surface area contributed by atoms with Crippen LogP contribution >= 0.6 is 0 Å². The van der Waals surface area contributed by atoms with Crippen LogP contribution in [0.4, 0.5) is 10.2 Å². The summed E-state index contributed by atoms with van der Waals surface area (Å²) in [4.78, 5) is 0. The Bertz CT molecular complexity index is 851. The molecule has 0 spiro atoms. The predicted octanol–water partition coefficient (Wildman–Crippen LogP) is 3.07. The third kappa shape index (κ3) is 2.81. The maximum absolute atomic E-state index is 13.1. The van der Waals surface area contributed by atoms with Gasteiger partial charge in [0.25, 0.3) is 0 Å². The van der Waals surface area contributed by atoms with E-state index < -0.39 is 0 Å². The smallest absolute Gasteiger partial charge is 0.176 e. The molecule has 0 atom stereocenters. The van der Waals surface area contributed by atoms with Gasteiger partial charge >= 0.3 is 0 Å². The molecular formula is C17H19FN6. The zero-order valence-corrected chi connectivity index (χ0v) is 13.5. The summed E-state index contributed by atoms with van der Waals surface area (Å²) in [5.74, 6) is 0.488. The van der Waals surface area contributed by atoms with Crippen molar-refractivity contribution in [2.75, 3.05) is 5.32 Å². The number of rotatable bonds is 4. The Labute approximate surface area is 139 Å². The molecule has 1 saturated carbocycles. The topological polar surface area (TPSA) is 68.5 Å². The first-order valence-corrected chi connectivity index (χ1v) is 8.28. The molecule has 0 amide bonds. The van der Waals surface area contributed by atoms with Crippen molar-refractivity contribution in [1.29, 1.82) is 0 Å². The Morgan fingerprint density at radius 2 is 1.88 bits per heavy atom. The Morgan fingerprint density at radius 3 is 2.62 bits per heavy atom. The molecule has 1 aromatic carbocycles. The number of halogens is 1. The maximum atomic E-state index is 13.1. The number of fused-ring (bicyclic) bond motifs is 1. The quantitative estimate of drug-likeness (QED) is 0.798. The first-order valence-electron chi connectivity index (χ1n) is 8.28. The molecule has 1 fully saturated rings. The van der Waals surface area contributed by atoms with Gasteiger partial charge in [-0.05, 0) is 37.5 Å². The molecule has 0 bridgehead atoms. The summed E-state index contributed by atoms with van der Waals surface area (Å²) >= 11 is 0. The molecule has 3 aromatic rings. The van der Waals surface area contributed by atoms with Crippen molar-refractivity contribution in [2.24, 2.45) is 0 Å². The van der Waals surface area contributed by atoms with Gasteiger partial charge in [0.2, 0.25) is 0 Å². The first-order chi connectivity index (χ1) is 11.7. The zero-order chi connectivity index (χ0) is 16.5. The molecule has 7 heteroatoms. The van der Waals surface area contributed by atoms with E-state index in [1.165, 1.54) is 25.0 Å². The number of nitrogens with one attached hydrogen (secondary N) is 1. The number of benzene rings is 1. The summed E-state index contributed by atoms with van der Waals surface area (Å²) in [6.07, 6.45) is 4.79. The molecular weight excluding hydrogens is 307 g/mol. The van der Waals surface area contributed by atoms with Crippen molar-refractivity contribution in [2.45, 2.75) is 45.2 Å². The van der Waals surface area contributed by atoms with E-state index in [1.807, 2.05) is 11.6 Å². The summed E-state index contributed by atoms with van der Waals surface area (Å²) in [6.45, 7) is 2.40. The fourth-order valence-electron chi connectivity index (χ4n) is 3.25. The molecule has 2 aromatic heterocycles. The highest BCUT2D eigenvalue weighted by atomic mass is 19.1. The lowest BCUT2D eigenvalue weighted by Gasteiger charge is -2.14. The van der Waals surface area contributed by atoms with Gasteiger partial charge in [-0.15, -0.1) is 10.2 Å². The number of aryl methyl sites for hydroxylation is 1. The number of nitrogens with zero attached hydrogens (tertiary/aromatic N) is 5. The van der Waals surface area contributed by atoms with Crippen molar-refractivity contribution in [3.8, 4) is 0 Å². The number of hydrogen-bond donors (Lipinski definition) is 1. The normalized spacial score (nSPS) is 15.2. The predicted molar refractivity (Wildman–Crippen MR) is 89.2 cm³/mol. The lowest BCUT2D eigenvalue weighted by molar-refractivity contribution is 0.623. The third-order valence-corrected chi connectivity index (χ3v) is 4.54. The molecule has 1 aliphatic carbocycles. The molecule has 24 heavy (non-hydrogen) atoms. The van der Waals surface area contributed by atoms with Crippen LogP contribution in [-0.2, 0) is 6.54 Å². The van der Waals surface area contributed by atoms with Crippen LogP contribution in [0.5, 0.6) is 0 Å². The minimum absolute atomic E-state index is 0.243. The van der Waals surface area contributed by atoms with Crippen LogP contribution < -0.4 is 5.32 Å². The maximum Gasteiger partial charge on any atom is 0.176 e. The molecule has 0 unspecified atom stereocenters. The molecule has 4 rings (SSSR count). The fourth-order valence-corrected chi connectivity index (χ4v) is 3.25. The number of aromatic nitrogens is 5. The summed E-state index contributed by atoms with van der Waals surface area (Å²) in [7, 11) is 0. The molecule has 1 N–H and O–H groups in total. The summed E-state index contributed by atoms with van der Waals surface area (Å²) in [6, 6.07) is 6.86. The van der Waals surface area contributed by atoms with Gasteiger partial charge in [0, 0.05) is 6.04 Å². The highest BCUT2D eigenvalue weighted by Gasteiger charge is 2.20. The Kier molecular flexibility index (Phi) is 3.84. The zero-order valence-electron chi connectivity index (χ0n) is 13.5. The van der Waals surface area contributed by atoms with Crippen LogP contribution in [0.25, 0.3) is 11.0 Å². The largest absolute Gasteiger partial charge is 0.364 e. The molecule has 2 heterocycles. The van der Waals surface area contributed by atoms with E-state index in [-0.39, 0.29) is 5.82 Å². The van der Waals surface area contributed by atoms with Crippen LogP contribution in [-0.4, -0.2) is 31.2 Å². The van der Waals surface area contributed by atoms with Crippen molar-refractivity contribution in [1.82, 2.24) is 25.2 Å². The fraction of sp³-hybridized carbons (Fsp3) is 0.412. The van der Waals surface area contributed by atoms with Gasteiger partial charge in [0.05, 0.1) is 12.2 Å². The molecule has 0 saturated heterocycles. The van der Waals surface area contributed by atoms with E-state index in [2.05, 4.69) is 25.8 Å². The minimum atomic E-state index is -0.243. The highest BCUT2D eigenvalue weighted by Crippen LogP contribution is 2.26. The van der Waals surface area contributed by atoms with Crippen LogP contribution in [0.1, 0.15) is 36.9 Å². The minimum Gasteiger partial charge on any atom is -0.364 e. The lowest BCUT2D eigenvalue weighted by Crippen LogP contribution is -2.17. The average Bonchev–Trinajstić information content (AvgIpc) is 3.23. The second-order valence-electron chi connectivity index (χ2n) is 6.33. The molecule has 0 radical (unpaired) electrons. The average molecular weight is 326 g/mol. The van der Waals surface area contributed by atoms with Crippen LogP contribution in [0.2, 0.25) is 0 Å². The van der Waals surface area contributed by atoms with Crippen molar-refractivity contribution in [3.63, 3.8) is 0 Å².